The molecule has 0 radical (unpaired) electrons. The molecule has 0 unspecified atom stereocenters. The minimum Gasteiger partial charge on any atom is -0.489 e. The smallest absolute Gasteiger partial charge is 0.123 e. The van der Waals surface area contributed by atoms with E-state index in [-0.39, 0.29) is 5.82 Å². The van der Waals surface area contributed by atoms with Gasteiger partial charge in [0, 0.05) is 5.56 Å². The lowest BCUT2D eigenvalue weighted by atomic mass is 10.1. The lowest BCUT2D eigenvalue weighted by molar-refractivity contribution is 0.302. The van der Waals surface area contributed by atoms with Crippen LogP contribution >= 0.6 is 0 Å². The van der Waals surface area contributed by atoms with E-state index >= 15 is 0 Å². The summed E-state index contributed by atoms with van der Waals surface area (Å²) in [6, 6.07) is 14.8. The van der Waals surface area contributed by atoms with Crippen molar-refractivity contribution in [1.82, 2.24) is 0 Å². The van der Waals surface area contributed by atoms with E-state index in [1.54, 1.807) is 12.1 Å². The molecule has 0 atom stereocenters. The van der Waals surface area contributed by atoms with Crippen molar-refractivity contribution in [3.8, 4) is 5.75 Å². The summed E-state index contributed by atoms with van der Waals surface area (Å²) in [5.74, 6) is 1.14. The van der Waals surface area contributed by atoms with E-state index < -0.39 is 0 Å². The molecule has 92 valence electrons. The number of rotatable bonds is 4. The van der Waals surface area contributed by atoms with E-state index in [2.05, 4.69) is 0 Å². The van der Waals surface area contributed by atoms with Crippen LogP contribution in [0, 0.1) is 5.82 Å². The molecular formula is C16H15FO. The summed E-state index contributed by atoms with van der Waals surface area (Å²) in [7, 11) is 0. The minimum atomic E-state index is -0.177. The van der Waals surface area contributed by atoms with E-state index in [0.29, 0.717) is 12.5 Å². The molecule has 0 heterocycles. The molecule has 0 bridgehead atoms. The molecule has 1 aliphatic rings. The van der Waals surface area contributed by atoms with Crippen molar-refractivity contribution < 1.29 is 9.13 Å². The Morgan fingerprint density at radius 3 is 2.56 bits per heavy atom. The van der Waals surface area contributed by atoms with Gasteiger partial charge in [-0.15, -0.1) is 0 Å². The Morgan fingerprint density at radius 2 is 1.83 bits per heavy atom. The van der Waals surface area contributed by atoms with Crippen molar-refractivity contribution in [3.63, 3.8) is 0 Å². The molecule has 2 aromatic carbocycles. The number of halogens is 1. The van der Waals surface area contributed by atoms with Crippen LogP contribution in [0.2, 0.25) is 0 Å². The van der Waals surface area contributed by atoms with Gasteiger partial charge >= 0.3 is 0 Å². The number of hydrogen-bond donors (Lipinski definition) is 0. The van der Waals surface area contributed by atoms with Crippen molar-refractivity contribution in [2.24, 2.45) is 0 Å². The predicted molar refractivity (Wildman–Crippen MR) is 69.1 cm³/mol. The van der Waals surface area contributed by atoms with Crippen molar-refractivity contribution >= 4 is 0 Å². The van der Waals surface area contributed by atoms with Crippen LogP contribution in [-0.4, -0.2) is 0 Å². The average Bonchev–Trinajstić information content (AvgIpc) is 3.23. The average molecular weight is 242 g/mol. The van der Waals surface area contributed by atoms with Gasteiger partial charge < -0.3 is 4.74 Å². The standard InChI is InChI=1S/C16H15FO/c17-14-8-9-16(15(10-14)13-6-7-13)18-11-12-4-2-1-3-5-12/h1-5,8-10,13H,6-7,11H2. The maximum absolute atomic E-state index is 13.2. The maximum Gasteiger partial charge on any atom is 0.123 e. The van der Waals surface area contributed by atoms with Gasteiger partial charge in [0.1, 0.15) is 18.2 Å². The first-order chi connectivity index (χ1) is 8.83. The second-order valence-corrected chi connectivity index (χ2v) is 4.73. The highest BCUT2D eigenvalue weighted by atomic mass is 19.1. The normalized spacial score (nSPS) is 14.5. The van der Waals surface area contributed by atoms with E-state index in [1.807, 2.05) is 30.3 Å². The quantitative estimate of drug-likeness (QED) is 0.777. The van der Waals surface area contributed by atoms with Crippen LogP contribution in [-0.2, 0) is 6.61 Å². The van der Waals surface area contributed by atoms with Gasteiger partial charge in [0.15, 0.2) is 0 Å². The molecule has 0 saturated heterocycles. The maximum atomic E-state index is 13.2. The molecule has 0 N–H and O–H groups in total. The van der Waals surface area contributed by atoms with Crippen LogP contribution < -0.4 is 4.74 Å². The Labute approximate surface area is 106 Å². The van der Waals surface area contributed by atoms with Crippen LogP contribution in [0.5, 0.6) is 5.75 Å². The fraction of sp³-hybridized carbons (Fsp3) is 0.250. The monoisotopic (exact) mass is 242 g/mol. The van der Waals surface area contributed by atoms with Crippen molar-refractivity contribution in [3.05, 3.63) is 65.5 Å². The van der Waals surface area contributed by atoms with Gasteiger partial charge in [-0.05, 0) is 42.5 Å². The summed E-state index contributed by atoms with van der Waals surface area (Å²) in [6.07, 6.45) is 2.29. The van der Waals surface area contributed by atoms with Crippen molar-refractivity contribution in [2.45, 2.75) is 25.4 Å². The zero-order valence-electron chi connectivity index (χ0n) is 10.1. The molecule has 0 aliphatic heterocycles. The number of ether oxygens (including phenoxy) is 1. The third kappa shape index (κ3) is 2.53. The highest BCUT2D eigenvalue weighted by molar-refractivity contribution is 5.39. The Kier molecular flexibility index (Phi) is 3.01. The summed E-state index contributed by atoms with van der Waals surface area (Å²) in [5, 5.41) is 0. The highest BCUT2D eigenvalue weighted by Crippen LogP contribution is 2.44. The van der Waals surface area contributed by atoms with Gasteiger partial charge in [0.05, 0.1) is 0 Å². The summed E-state index contributed by atoms with van der Waals surface area (Å²) in [4.78, 5) is 0. The topological polar surface area (TPSA) is 9.23 Å². The molecular weight excluding hydrogens is 227 g/mol. The van der Waals surface area contributed by atoms with Crippen molar-refractivity contribution in [1.29, 1.82) is 0 Å². The summed E-state index contributed by atoms with van der Waals surface area (Å²) >= 11 is 0. The largest absolute Gasteiger partial charge is 0.489 e. The lowest BCUT2D eigenvalue weighted by Crippen LogP contribution is -1.98. The SMILES string of the molecule is Fc1ccc(OCc2ccccc2)c(C2CC2)c1. The molecule has 2 aromatic rings. The zero-order chi connectivity index (χ0) is 12.4. The molecule has 3 rings (SSSR count). The second-order valence-electron chi connectivity index (χ2n) is 4.73. The molecule has 1 saturated carbocycles. The summed E-state index contributed by atoms with van der Waals surface area (Å²) < 4.78 is 19.1. The van der Waals surface area contributed by atoms with E-state index in [1.165, 1.54) is 6.07 Å². The van der Waals surface area contributed by atoms with Gasteiger partial charge in [-0.1, -0.05) is 30.3 Å². The number of hydrogen-bond acceptors (Lipinski definition) is 1. The molecule has 1 fully saturated rings. The fourth-order valence-electron chi connectivity index (χ4n) is 2.10. The van der Waals surface area contributed by atoms with Gasteiger partial charge in [-0.2, -0.15) is 0 Å². The predicted octanol–water partition coefficient (Wildman–Crippen LogP) is 4.28. The molecule has 18 heavy (non-hydrogen) atoms. The zero-order valence-corrected chi connectivity index (χ0v) is 10.1. The van der Waals surface area contributed by atoms with Crippen LogP contribution in [0.25, 0.3) is 0 Å². The van der Waals surface area contributed by atoms with Crippen LogP contribution in [0.15, 0.2) is 48.5 Å². The third-order valence-corrected chi connectivity index (χ3v) is 3.23. The Morgan fingerprint density at radius 1 is 1.06 bits per heavy atom. The first kappa shape index (κ1) is 11.3. The molecule has 2 heteroatoms. The first-order valence-corrected chi connectivity index (χ1v) is 6.29. The molecule has 0 amide bonds. The van der Waals surface area contributed by atoms with Gasteiger partial charge in [0.2, 0.25) is 0 Å². The highest BCUT2D eigenvalue weighted by Gasteiger charge is 2.27. The van der Waals surface area contributed by atoms with E-state index in [9.17, 15) is 4.39 Å². The van der Waals surface area contributed by atoms with Crippen LogP contribution in [0.4, 0.5) is 4.39 Å². The van der Waals surface area contributed by atoms with Crippen molar-refractivity contribution in [2.75, 3.05) is 0 Å². The van der Waals surface area contributed by atoms with Gasteiger partial charge in [-0.3, -0.25) is 0 Å². The molecule has 0 spiro atoms. The van der Waals surface area contributed by atoms with Gasteiger partial charge in [-0.25, -0.2) is 4.39 Å². The summed E-state index contributed by atoms with van der Waals surface area (Å²) in [6.45, 7) is 0.534. The Hall–Kier alpha value is -1.83. The fourth-order valence-corrected chi connectivity index (χ4v) is 2.10. The minimum absolute atomic E-state index is 0.177. The van der Waals surface area contributed by atoms with Crippen LogP contribution in [0.1, 0.15) is 29.9 Å². The number of benzene rings is 2. The third-order valence-electron chi connectivity index (χ3n) is 3.23. The Balaban J connectivity index is 1.76. The molecule has 1 nitrogen and oxygen atoms in total. The lowest BCUT2D eigenvalue weighted by Gasteiger charge is -2.11. The second kappa shape index (κ2) is 4.81. The van der Waals surface area contributed by atoms with Crippen LogP contribution in [0.3, 0.4) is 0 Å². The van der Waals surface area contributed by atoms with Gasteiger partial charge in [0.25, 0.3) is 0 Å². The van der Waals surface area contributed by atoms with E-state index in [4.69, 9.17) is 4.74 Å². The first-order valence-electron chi connectivity index (χ1n) is 6.29. The van der Waals surface area contributed by atoms with E-state index in [0.717, 1.165) is 29.7 Å². The summed E-state index contributed by atoms with van der Waals surface area (Å²) in [5.41, 5.74) is 2.15. The molecule has 1 aliphatic carbocycles. The Bertz CT molecular complexity index is 532. The molecule has 0 aromatic heterocycles.